The number of hydrogen-bond donors (Lipinski definition) is 1. The predicted octanol–water partition coefficient (Wildman–Crippen LogP) is 4.54. The zero-order valence-corrected chi connectivity index (χ0v) is 20.6. The van der Waals surface area contributed by atoms with E-state index in [0.29, 0.717) is 24.4 Å². The minimum absolute atomic E-state index is 0.284. The van der Waals surface area contributed by atoms with Gasteiger partial charge >= 0.3 is 5.97 Å². The van der Waals surface area contributed by atoms with Crippen LogP contribution in [0.25, 0.3) is 11.1 Å². The Kier molecular flexibility index (Phi) is 6.93. The van der Waals surface area contributed by atoms with E-state index in [-0.39, 0.29) is 5.82 Å². The van der Waals surface area contributed by atoms with Gasteiger partial charge in [-0.2, -0.15) is 5.26 Å². The van der Waals surface area contributed by atoms with Crippen molar-refractivity contribution in [2.24, 2.45) is 5.73 Å². The Labute approximate surface area is 216 Å². The normalized spacial score (nSPS) is 17.7. The van der Waals surface area contributed by atoms with E-state index < -0.39 is 11.9 Å². The first kappa shape index (κ1) is 24.2. The molecule has 3 aromatic rings. The van der Waals surface area contributed by atoms with Crippen LogP contribution in [0.3, 0.4) is 0 Å². The van der Waals surface area contributed by atoms with Gasteiger partial charge in [-0.1, -0.05) is 54.6 Å². The minimum atomic E-state index is -0.633. The zero-order valence-electron chi connectivity index (χ0n) is 20.6. The van der Waals surface area contributed by atoms with Gasteiger partial charge in [-0.3, -0.25) is 0 Å². The third-order valence-corrected chi connectivity index (χ3v) is 6.80. The number of allylic oxidation sites excluding steroid dienone is 1. The van der Waals surface area contributed by atoms with Crippen LogP contribution in [0.15, 0.2) is 102 Å². The molecular weight excluding hydrogens is 464 g/mol. The van der Waals surface area contributed by atoms with Crippen molar-refractivity contribution in [2.75, 3.05) is 43.2 Å². The van der Waals surface area contributed by atoms with Gasteiger partial charge in [-0.25, -0.2) is 4.79 Å². The first-order valence-corrected chi connectivity index (χ1v) is 12.2. The molecule has 0 saturated carbocycles. The van der Waals surface area contributed by atoms with Crippen LogP contribution in [0, 0.1) is 11.3 Å². The number of ether oxygens (including phenoxy) is 2. The molecule has 1 atom stereocenters. The minimum Gasteiger partial charge on any atom is -0.466 e. The van der Waals surface area contributed by atoms with Crippen molar-refractivity contribution < 1.29 is 14.3 Å². The molecule has 0 bridgehead atoms. The molecule has 0 radical (unpaired) electrons. The molecule has 7 heteroatoms. The topological polar surface area (TPSA) is 91.8 Å². The number of morpholine rings is 1. The quantitative estimate of drug-likeness (QED) is 0.523. The maximum atomic E-state index is 12.9. The standard InChI is InChI=1S/C30H28N4O3/c1-36-30(35)27-20-34(25-13-11-24(12-14-25)33-15-17-37-18-16-33)29(32)26(19-31)28(27)23-9-7-22(8-10-23)21-5-3-2-4-6-21/h2-14,20,28H,15-18,32H2,1H3. The molecule has 2 aliphatic rings. The van der Waals surface area contributed by atoms with Crippen molar-refractivity contribution >= 4 is 17.3 Å². The Balaban J connectivity index is 1.50. The number of nitriles is 1. The second-order valence-corrected chi connectivity index (χ2v) is 8.89. The molecule has 0 amide bonds. The van der Waals surface area contributed by atoms with Gasteiger partial charge in [-0.05, 0) is 41.0 Å². The average Bonchev–Trinajstić information content (AvgIpc) is 2.97. The molecule has 1 saturated heterocycles. The molecule has 186 valence electrons. The van der Waals surface area contributed by atoms with E-state index in [9.17, 15) is 10.1 Å². The maximum Gasteiger partial charge on any atom is 0.336 e. The van der Waals surface area contributed by atoms with Gasteiger partial charge < -0.3 is 25.0 Å². The van der Waals surface area contributed by atoms with Gasteiger partial charge in [0.2, 0.25) is 0 Å². The lowest BCUT2D eigenvalue weighted by molar-refractivity contribution is -0.136. The molecule has 0 aromatic heterocycles. The smallest absolute Gasteiger partial charge is 0.336 e. The summed E-state index contributed by atoms with van der Waals surface area (Å²) in [4.78, 5) is 16.9. The molecule has 2 N–H and O–H groups in total. The summed E-state index contributed by atoms with van der Waals surface area (Å²) in [5, 5.41) is 10.2. The number of rotatable bonds is 5. The number of carbonyl (C=O) groups is 1. The number of methoxy groups -OCH3 is 1. The SMILES string of the molecule is COC(=O)C1=CN(c2ccc(N3CCOCC3)cc2)C(N)=C(C#N)C1c1ccc(-c2ccccc2)cc1. The van der Waals surface area contributed by atoms with E-state index in [1.807, 2.05) is 78.9 Å². The van der Waals surface area contributed by atoms with Crippen LogP contribution >= 0.6 is 0 Å². The third-order valence-electron chi connectivity index (χ3n) is 6.80. The van der Waals surface area contributed by atoms with E-state index in [1.54, 1.807) is 11.1 Å². The van der Waals surface area contributed by atoms with Gasteiger partial charge in [0.1, 0.15) is 5.82 Å². The summed E-state index contributed by atoms with van der Waals surface area (Å²) in [6.45, 7) is 3.07. The van der Waals surface area contributed by atoms with Crippen molar-refractivity contribution in [1.29, 1.82) is 5.26 Å². The molecule has 7 nitrogen and oxygen atoms in total. The number of carbonyl (C=O) groups excluding carboxylic acids is 1. The molecule has 1 unspecified atom stereocenters. The highest BCUT2D eigenvalue weighted by atomic mass is 16.5. The van der Waals surface area contributed by atoms with Crippen molar-refractivity contribution in [3.63, 3.8) is 0 Å². The summed E-state index contributed by atoms with van der Waals surface area (Å²) >= 11 is 0. The molecular formula is C30H28N4O3. The fraction of sp³-hybridized carbons (Fsp3) is 0.200. The van der Waals surface area contributed by atoms with Crippen molar-refractivity contribution in [3.8, 4) is 17.2 Å². The largest absolute Gasteiger partial charge is 0.466 e. The Bertz CT molecular complexity index is 1370. The Hall–Kier alpha value is -4.54. The van der Waals surface area contributed by atoms with Crippen molar-refractivity contribution in [1.82, 2.24) is 0 Å². The zero-order chi connectivity index (χ0) is 25.8. The highest BCUT2D eigenvalue weighted by Crippen LogP contribution is 2.40. The predicted molar refractivity (Wildman–Crippen MR) is 143 cm³/mol. The summed E-state index contributed by atoms with van der Waals surface area (Å²) in [5.74, 6) is -0.857. The average molecular weight is 493 g/mol. The summed E-state index contributed by atoms with van der Waals surface area (Å²) in [6, 6.07) is 28.0. The van der Waals surface area contributed by atoms with Crippen LogP contribution < -0.4 is 15.5 Å². The molecule has 2 heterocycles. The number of nitrogens with zero attached hydrogens (tertiary/aromatic N) is 3. The fourth-order valence-corrected chi connectivity index (χ4v) is 4.83. The first-order valence-electron chi connectivity index (χ1n) is 12.2. The summed E-state index contributed by atoms with van der Waals surface area (Å²) < 4.78 is 10.6. The van der Waals surface area contributed by atoms with E-state index in [0.717, 1.165) is 41.2 Å². The molecule has 0 aliphatic carbocycles. The Morgan fingerprint density at radius 1 is 0.946 bits per heavy atom. The molecule has 37 heavy (non-hydrogen) atoms. The summed E-state index contributed by atoms with van der Waals surface area (Å²) in [7, 11) is 1.34. The van der Waals surface area contributed by atoms with Crippen LogP contribution in [-0.4, -0.2) is 39.4 Å². The lowest BCUT2D eigenvalue weighted by Gasteiger charge is -2.33. The highest BCUT2D eigenvalue weighted by molar-refractivity contribution is 5.93. The third kappa shape index (κ3) is 4.80. The van der Waals surface area contributed by atoms with Crippen LogP contribution in [-0.2, 0) is 14.3 Å². The second-order valence-electron chi connectivity index (χ2n) is 8.89. The fourth-order valence-electron chi connectivity index (χ4n) is 4.83. The van der Waals surface area contributed by atoms with Gasteiger partial charge in [0, 0.05) is 30.7 Å². The Morgan fingerprint density at radius 2 is 1.57 bits per heavy atom. The van der Waals surface area contributed by atoms with Crippen molar-refractivity contribution in [3.05, 3.63) is 108 Å². The lowest BCUT2D eigenvalue weighted by Crippen LogP contribution is -2.36. The number of benzene rings is 3. The molecule has 5 rings (SSSR count). The van der Waals surface area contributed by atoms with Crippen LogP contribution in [0.1, 0.15) is 11.5 Å². The molecule has 2 aliphatic heterocycles. The first-order chi connectivity index (χ1) is 18.1. The van der Waals surface area contributed by atoms with Crippen LogP contribution in [0.5, 0.6) is 0 Å². The lowest BCUT2D eigenvalue weighted by atomic mass is 9.82. The monoisotopic (exact) mass is 492 g/mol. The second kappa shape index (κ2) is 10.6. The number of anilines is 2. The number of hydrogen-bond acceptors (Lipinski definition) is 7. The van der Waals surface area contributed by atoms with E-state index in [1.165, 1.54) is 7.11 Å². The van der Waals surface area contributed by atoms with Crippen molar-refractivity contribution in [2.45, 2.75) is 5.92 Å². The van der Waals surface area contributed by atoms with Gasteiger partial charge in [-0.15, -0.1) is 0 Å². The summed E-state index contributed by atoms with van der Waals surface area (Å²) in [5.41, 5.74) is 12.0. The van der Waals surface area contributed by atoms with Gasteiger partial charge in [0.05, 0.1) is 43.5 Å². The highest BCUT2D eigenvalue weighted by Gasteiger charge is 2.35. The van der Waals surface area contributed by atoms with Crippen LogP contribution in [0.4, 0.5) is 11.4 Å². The van der Waals surface area contributed by atoms with E-state index in [4.69, 9.17) is 15.2 Å². The molecule has 1 fully saturated rings. The number of esters is 1. The van der Waals surface area contributed by atoms with Gasteiger partial charge in [0.25, 0.3) is 0 Å². The van der Waals surface area contributed by atoms with E-state index >= 15 is 0 Å². The molecule has 0 spiro atoms. The van der Waals surface area contributed by atoms with Gasteiger partial charge in [0.15, 0.2) is 0 Å². The molecule has 3 aromatic carbocycles. The van der Waals surface area contributed by atoms with E-state index in [2.05, 4.69) is 11.0 Å². The van der Waals surface area contributed by atoms with Crippen LogP contribution in [0.2, 0.25) is 0 Å². The maximum absolute atomic E-state index is 12.9. The summed E-state index contributed by atoms with van der Waals surface area (Å²) in [6.07, 6.45) is 1.68. The number of nitrogens with two attached hydrogens (primary N) is 1. The Morgan fingerprint density at radius 3 is 2.19 bits per heavy atom.